The highest BCUT2D eigenvalue weighted by Gasteiger charge is 2.17. The topological polar surface area (TPSA) is 56.1 Å². The van der Waals surface area contributed by atoms with Crippen molar-refractivity contribution in [3.05, 3.63) is 46.8 Å². The van der Waals surface area contributed by atoms with Gasteiger partial charge >= 0.3 is 5.97 Å². The van der Waals surface area contributed by atoms with Crippen LogP contribution in [-0.2, 0) is 18.3 Å². The maximum Gasteiger partial charge on any atom is 0.341 e. The molecule has 1 N–H and O–H groups in total. The number of aryl methyl sites for hydroxylation is 3. The van der Waals surface area contributed by atoms with Crippen molar-refractivity contribution in [1.29, 1.82) is 0 Å². The standard InChI is InChI=1S/C16H21N3O2/c1-5-21-16(20)13-9-18-19(4)14(13)10-17-15-11(2)7-6-8-12(15)3/h6-9,17H,5,10H2,1-4H3. The first-order chi connectivity index (χ1) is 10.0. The zero-order valence-corrected chi connectivity index (χ0v) is 12.9. The number of ether oxygens (including phenoxy) is 1. The van der Waals surface area contributed by atoms with Gasteiger partial charge in [-0.1, -0.05) is 18.2 Å². The minimum Gasteiger partial charge on any atom is -0.462 e. The largest absolute Gasteiger partial charge is 0.462 e. The first-order valence-electron chi connectivity index (χ1n) is 7.02. The maximum absolute atomic E-state index is 11.9. The Morgan fingerprint density at radius 1 is 1.33 bits per heavy atom. The number of anilines is 1. The summed E-state index contributed by atoms with van der Waals surface area (Å²) in [5.41, 5.74) is 4.77. The summed E-state index contributed by atoms with van der Waals surface area (Å²) in [5, 5.41) is 7.55. The second-order valence-corrected chi connectivity index (χ2v) is 4.97. The Balaban J connectivity index is 2.21. The van der Waals surface area contributed by atoms with Crippen LogP contribution in [0.5, 0.6) is 0 Å². The molecule has 0 bridgehead atoms. The number of hydrogen-bond donors (Lipinski definition) is 1. The van der Waals surface area contributed by atoms with E-state index in [0.29, 0.717) is 18.7 Å². The maximum atomic E-state index is 11.9. The van der Waals surface area contributed by atoms with Crippen LogP contribution in [0.4, 0.5) is 5.69 Å². The molecule has 2 rings (SSSR count). The quantitative estimate of drug-likeness (QED) is 0.859. The number of carbonyl (C=O) groups is 1. The summed E-state index contributed by atoms with van der Waals surface area (Å²) in [6.07, 6.45) is 1.56. The van der Waals surface area contributed by atoms with Crippen molar-refractivity contribution in [2.45, 2.75) is 27.3 Å². The van der Waals surface area contributed by atoms with Crippen LogP contribution in [0.25, 0.3) is 0 Å². The Hall–Kier alpha value is -2.30. The van der Waals surface area contributed by atoms with Crippen LogP contribution in [0.1, 0.15) is 34.1 Å². The summed E-state index contributed by atoms with van der Waals surface area (Å²) in [6, 6.07) is 6.15. The SMILES string of the molecule is CCOC(=O)c1cnn(C)c1CNc1c(C)cccc1C. The molecule has 0 spiro atoms. The smallest absolute Gasteiger partial charge is 0.341 e. The number of para-hydroxylation sites is 1. The molecule has 0 unspecified atom stereocenters. The van der Waals surface area contributed by atoms with Gasteiger partial charge in [-0.2, -0.15) is 5.10 Å². The van der Waals surface area contributed by atoms with Gasteiger partial charge in [0.15, 0.2) is 0 Å². The Morgan fingerprint density at radius 2 is 2.00 bits per heavy atom. The van der Waals surface area contributed by atoms with Gasteiger partial charge in [-0.05, 0) is 31.9 Å². The van der Waals surface area contributed by atoms with Crippen molar-refractivity contribution in [2.24, 2.45) is 7.05 Å². The monoisotopic (exact) mass is 287 g/mol. The molecule has 5 heteroatoms. The summed E-state index contributed by atoms with van der Waals surface area (Å²) in [5.74, 6) is -0.330. The summed E-state index contributed by atoms with van der Waals surface area (Å²) < 4.78 is 6.76. The number of nitrogens with one attached hydrogen (secondary N) is 1. The van der Waals surface area contributed by atoms with Gasteiger partial charge in [0.25, 0.3) is 0 Å². The Labute approximate surface area is 124 Å². The molecule has 0 saturated heterocycles. The van der Waals surface area contributed by atoms with Gasteiger partial charge < -0.3 is 10.1 Å². The van der Waals surface area contributed by atoms with E-state index in [1.54, 1.807) is 17.8 Å². The van der Waals surface area contributed by atoms with Crippen molar-refractivity contribution in [3.8, 4) is 0 Å². The molecule has 0 radical (unpaired) electrons. The van der Waals surface area contributed by atoms with E-state index in [1.165, 1.54) is 11.1 Å². The Bertz CT molecular complexity index is 627. The Morgan fingerprint density at radius 3 is 2.62 bits per heavy atom. The summed E-state index contributed by atoms with van der Waals surface area (Å²) in [4.78, 5) is 11.9. The minimum absolute atomic E-state index is 0.330. The predicted molar refractivity (Wildman–Crippen MR) is 82.4 cm³/mol. The second-order valence-electron chi connectivity index (χ2n) is 4.97. The molecule has 0 amide bonds. The third-order valence-electron chi connectivity index (χ3n) is 3.47. The fourth-order valence-corrected chi connectivity index (χ4v) is 2.32. The van der Waals surface area contributed by atoms with Crippen LogP contribution in [0.15, 0.2) is 24.4 Å². The van der Waals surface area contributed by atoms with Crippen molar-refractivity contribution < 1.29 is 9.53 Å². The number of hydrogen-bond acceptors (Lipinski definition) is 4. The van der Waals surface area contributed by atoms with E-state index in [9.17, 15) is 4.79 Å². The third kappa shape index (κ3) is 3.24. The lowest BCUT2D eigenvalue weighted by molar-refractivity contribution is 0.0525. The van der Waals surface area contributed by atoms with Crippen molar-refractivity contribution in [3.63, 3.8) is 0 Å². The molecule has 0 aliphatic rings. The number of benzene rings is 1. The first kappa shape index (κ1) is 15.1. The van der Waals surface area contributed by atoms with Crippen LogP contribution in [-0.4, -0.2) is 22.4 Å². The highest BCUT2D eigenvalue weighted by Crippen LogP contribution is 2.21. The highest BCUT2D eigenvalue weighted by molar-refractivity contribution is 5.90. The summed E-state index contributed by atoms with van der Waals surface area (Å²) >= 11 is 0. The molecule has 1 aromatic carbocycles. The van der Waals surface area contributed by atoms with Crippen molar-refractivity contribution in [1.82, 2.24) is 9.78 Å². The number of esters is 1. The van der Waals surface area contributed by atoms with E-state index in [4.69, 9.17) is 4.74 Å². The van der Waals surface area contributed by atoms with Gasteiger partial charge in [0, 0.05) is 12.7 Å². The molecule has 112 valence electrons. The first-order valence-corrected chi connectivity index (χ1v) is 7.02. The van der Waals surface area contributed by atoms with E-state index in [1.807, 2.05) is 13.1 Å². The molecular weight excluding hydrogens is 266 g/mol. The predicted octanol–water partition coefficient (Wildman–Crippen LogP) is 2.83. The van der Waals surface area contributed by atoms with Gasteiger partial charge in [0.1, 0.15) is 5.56 Å². The van der Waals surface area contributed by atoms with Gasteiger partial charge in [-0.3, -0.25) is 4.68 Å². The lowest BCUT2D eigenvalue weighted by Crippen LogP contribution is -2.13. The van der Waals surface area contributed by atoms with E-state index in [0.717, 1.165) is 11.4 Å². The van der Waals surface area contributed by atoms with Gasteiger partial charge in [0.2, 0.25) is 0 Å². The zero-order chi connectivity index (χ0) is 15.4. The lowest BCUT2D eigenvalue weighted by Gasteiger charge is -2.13. The molecule has 0 atom stereocenters. The third-order valence-corrected chi connectivity index (χ3v) is 3.47. The van der Waals surface area contributed by atoms with E-state index in [2.05, 4.69) is 36.4 Å². The molecule has 0 aliphatic carbocycles. The summed E-state index contributed by atoms with van der Waals surface area (Å²) in [7, 11) is 1.82. The van der Waals surface area contributed by atoms with Crippen LogP contribution >= 0.6 is 0 Å². The van der Waals surface area contributed by atoms with E-state index < -0.39 is 0 Å². The minimum atomic E-state index is -0.330. The lowest BCUT2D eigenvalue weighted by atomic mass is 10.1. The van der Waals surface area contributed by atoms with Crippen LogP contribution in [0, 0.1) is 13.8 Å². The highest BCUT2D eigenvalue weighted by atomic mass is 16.5. The van der Waals surface area contributed by atoms with E-state index >= 15 is 0 Å². The molecular formula is C16H21N3O2. The molecule has 5 nitrogen and oxygen atoms in total. The average Bonchev–Trinajstić information content (AvgIpc) is 2.80. The fourth-order valence-electron chi connectivity index (χ4n) is 2.32. The molecule has 0 saturated carbocycles. The molecule has 1 aromatic heterocycles. The number of nitrogens with zero attached hydrogens (tertiary/aromatic N) is 2. The fraction of sp³-hybridized carbons (Fsp3) is 0.375. The number of carbonyl (C=O) groups excluding carboxylic acids is 1. The molecule has 0 aliphatic heterocycles. The normalized spacial score (nSPS) is 10.5. The Kier molecular flexibility index (Phi) is 4.62. The average molecular weight is 287 g/mol. The van der Waals surface area contributed by atoms with E-state index in [-0.39, 0.29) is 5.97 Å². The van der Waals surface area contributed by atoms with Crippen molar-refractivity contribution in [2.75, 3.05) is 11.9 Å². The summed E-state index contributed by atoms with van der Waals surface area (Å²) in [6.45, 7) is 6.80. The number of rotatable bonds is 5. The molecule has 2 aromatic rings. The van der Waals surface area contributed by atoms with Crippen molar-refractivity contribution >= 4 is 11.7 Å². The molecule has 0 fully saturated rings. The van der Waals surface area contributed by atoms with Gasteiger partial charge in [-0.15, -0.1) is 0 Å². The van der Waals surface area contributed by atoms with Crippen LogP contribution in [0.3, 0.4) is 0 Å². The second kappa shape index (κ2) is 6.43. The molecule has 1 heterocycles. The molecule has 21 heavy (non-hydrogen) atoms. The van der Waals surface area contributed by atoms with Crippen LogP contribution < -0.4 is 5.32 Å². The zero-order valence-electron chi connectivity index (χ0n) is 12.9. The number of aromatic nitrogens is 2. The van der Waals surface area contributed by atoms with Gasteiger partial charge in [-0.25, -0.2) is 4.79 Å². The van der Waals surface area contributed by atoms with Crippen LogP contribution in [0.2, 0.25) is 0 Å². The van der Waals surface area contributed by atoms with Gasteiger partial charge in [0.05, 0.1) is 25.0 Å².